The Kier molecular flexibility index (Phi) is 7.95. The molecule has 4 heteroatoms. The Labute approximate surface area is 208 Å². The molecule has 0 N–H and O–H groups in total. The number of aryl methyl sites for hydroxylation is 2. The van der Waals surface area contributed by atoms with Crippen molar-refractivity contribution in [1.82, 2.24) is 9.55 Å². The third-order valence-electron chi connectivity index (χ3n) is 6.37. The maximum absolute atomic E-state index is 6.12. The zero-order chi connectivity index (χ0) is 24.1. The number of nitrogens with zero attached hydrogens (tertiary/aromatic N) is 2. The summed E-state index contributed by atoms with van der Waals surface area (Å²) in [5.41, 5.74) is 6.02. The van der Waals surface area contributed by atoms with Crippen LogP contribution in [0.25, 0.3) is 11.0 Å². The maximum atomic E-state index is 6.12. The second-order valence-electron chi connectivity index (χ2n) is 9.64. The minimum atomic E-state index is 0.230. The van der Waals surface area contributed by atoms with Crippen molar-refractivity contribution in [2.24, 2.45) is 5.92 Å². The fourth-order valence-electron chi connectivity index (χ4n) is 4.49. The van der Waals surface area contributed by atoms with Gasteiger partial charge in [-0.2, -0.15) is 0 Å². The highest BCUT2D eigenvalue weighted by Gasteiger charge is 2.18. The molecule has 3 aromatic carbocycles. The first-order valence-corrected chi connectivity index (χ1v) is 12.7. The predicted octanol–water partition coefficient (Wildman–Crippen LogP) is 8.21. The summed E-state index contributed by atoms with van der Waals surface area (Å²) in [5, 5.41) is 0.774. The van der Waals surface area contributed by atoms with Crippen LogP contribution in [0.2, 0.25) is 5.02 Å². The third kappa shape index (κ3) is 5.82. The Morgan fingerprint density at radius 1 is 0.941 bits per heavy atom. The normalized spacial score (nSPS) is 12.4. The lowest BCUT2D eigenvalue weighted by Gasteiger charge is -2.16. The predicted molar refractivity (Wildman–Crippen MR) is 143 cm³/mol. The fourth-order valence-corrected chi connectivity index (χ4v) is 4.61. The number of rotatable bonds is 10. The minimum absolute atomic E-state index is 0.230. The highest BCUT2D eigenvalue weighted by atomic mass is 35.5. The third-order valence-corrected chi connectivity index (χ3v) is 6.79. The molecule has 34 heavy (non-hydrogen) atoms. The second kappa shape index (κ2) is 11.1. The molecule has 0 aliphatic carbocycles. The molecule has 4 aromatic rings. The van der Waals surface area contributed by atoms with E-state index in [0.29, 0.717) is 12.5 Å². The molecule has 0 bridgehead atoms. The lowest BCUT2D eigenvalue weighted by molar-refractivity contribution is 0.303. The number of unbranched alkanes of at least 4 members (excludes halogenated alkanes) is 1. The Bertz CT molecular complexity index is 1230. The molecule has 0 saturated carbocycles. The van der Waals surface area contributed by atoms with Crippen molar-refractivity contribution in [2.45, 2.75) is 59.4 Å². The number of hydrogen-bond donors (Lipinski definition) is 0. The van der Waals surface area contributed by atoms with Crippen molar-refractivity contribution >= 4 is 22.6 Å². The van der Waals surface area contributed by atoms with E-state index in [9.17, 15) is 0 Å². The maximum Gasteiger partial charge on any atom is 0.119 e. The van der Waals surface area contributed by atoms with Gasteiger partial charge in [0.2, 0.25) is 0 Å². The monoisotopic (exact) mass is 474 g/mol. The van der Waals surface area contributed by atoms with E-state index in [0.717, 1.165) is 53.5 Å². The Morgan fingerprint density at radius 2 is 1.71 bits per heavy atom. The number of aromatic nitrogens is 2. The van der Waals surface area contributed by atoms with Crippen LogP contribution in [0.15, 0.2) is 66.7 Å². The fraction of sp³-hybridized carbons (Fsp3) is 0.367. The molecule has 1 unspecified atom stereocenters. The summed E-state index contributed by atoms with van der Waals surface area (Å²) in [4.78, 5) is 5.04. The van der Waals surface area contributed by atoms with Crippen LogP contribution in [0.1, 0.15) is 62.0 Å². The SMILES string of the molecule is Cc1cc(OCCCCn2c(C(C)c3ccc(CC(C)C)cc3)nc3ccccc32)ccc1Cl. The standard InChI is InChI=1S/C30H35ClN2O/c1-21(2)19-24-11-13-25(14-12-24)23(4)30-32-28-9-5-6-10-29(28)33(30)17-7-8-18-34-26-15-16-27(31)22(3)20-26/h5-6,9-16,20-21,23H,7-8,17-19H2,1-4H3. The minimum Gasteiger partial charge on any atom is -0.494 e. The number of fused-ring (bicyclic) bond motifs is 1. The number of ether oxygens (including phenoxy) is 1. The summed E-state index contributed by atoms with van der Waals surface area (Å²) in [6.07, 6.45) is 3.12. The van der Waals surface area contributed by atoms with Crippen LogP contribution in [0, 0.1) is 12.8 Å². The molecule has 0 fully saturated rings. The van der Waals surface area contributed by atoms with E-state index in [4.69, 9.17) is 21.3 Å². The summed E-state index contributed by atoms with van der Waals surface area (Å²) in [7, 11) is 0. The molecule has 0 saturated heterocycles. The van der Waals surface area contributed by atoms with Crippen molar-refractivity contribution in [3.63, 3.8) is 0 Å². The van der Waals surface area contributed by atoms with E-state index in [1.54, 1.807) is 0 Å². The molecule has 3 nitrogen and oxygen atoms in total. The van der Waals surface area contributed by atoms with E-state index in [1.807, 2.05) is 25.1 Å². The van der Waals surface area contributed by atoms with Gasteiger partial charge in [-0.1, -0.05) is 68.8 Å². The molecule has 0 aliphatic heterocycles. The van der Waals surface area contributed by atoms with E-state index < -0.39 is 0 Å². The average Bonchev–Trinajstić information content (AvgIpc) is 3.19. The van der Waals surface area contributed by atoms with Crippen molar-refractivity contribution in [3.8, 4) is 5.75 Å². The van der Waals surface area contributed by atoms with Crippen molar-refractivity contribution in [1.29, 1.82) is 0 Å². The van der Waals surface area contributed by atoms with Gasteiger partial charge in [0, 0.05) is 17.5 Å². The van der Waals surface area contributed by atoms with Crippen LogP contribution >= 0.6 is 11.6 Å². The number of para-hydroxylation sites is 2. The van der Waals surface area contributed by atoms with Gasteiger partial charge in [0.1, 0.15) is 11.6 Å². The van der Waals surface area contributed by atoms with E-state index >= 15 is 0 Å². The number of benzene rings is 3. The molecular weight excluding hydrogens is 440 g/mol. The lowest BCUT2D eigenvalue weighted by Crippen LogP contribution is -2.10. The smallest absolute Gasteiger partial charge is 0.119 e. The first kappa shape index (κ1) is 24.3. The van der Waals surface area contributed by atoms with Gasteiger partial charge in [-0.15, -0.1) is 0 Å². The first-order chi connectivity index (χ1) is 16.4. The molecule has 0 radical (unpaired) electrons. The van der Waals surface area contributed by atoms with Crippen molar-refractivity contribution in [2.75, 3.05) is 6.61 Å². The quantitative estimate of drug-likeness (QED) is 0.216. The van der Waals surface area contributed by atoms with Crippen molar-refractivity contribution in [3.05, 3.63) is 94.3 Å². The van der Waals surface area contributed by atoms with Gasteiger partial charge in [0.05, 0.1) is 17.6 Å². The molecule has 178 valence electrons. The van der Waals surface area contributed by atoms with Crippen LogP contribution < -0.4 is 4.74 Å². The summed E-state index contributed by atoms with van der Waals surface area (Å²) in [5.74, 6) is 2.91. The molecule has 0 spiro atoms. The number of halogens is 1. The molecule has 1 heterocycles. The number of hydrogen-bond acceptors (Lipinski definition) is 2. The Morgan fingerprint density at radius 3 is 2.44 bits per heavy atom. The van der Waals surface area contributed by atoms with Gasteiger partial charge in [-0.05, 0) is 79.1 Å². The highest BCUT2D eigenvalue weighted by molar-refractivity contribution is 6.31. The average molecular weight is 475 g/mol. The van der Waals surface area contributed by atoms with Gasteiger partial charge < -0.3 is 9.30 Å². The molecule has 1 aromatic heterocycles. The van der Waals surface area contributed by atoms with Crippen LogP contribution in [0.3, 0.4) is 0 Å². The summed E-state index contributed by atoms with van der Waals surface area (Å²) < 4.78 is 8.35. The van der Waals surface area contributed by atoms with Gasteiger partial charge in [-0.25, -0.2) is 4.98 Å². The topological polar surface area (TPSA) is 27.1 Å². The molecule has 1 atom stereocenters. The molecule has 4 rings (SSSR count). The van der Waals surface area contributed by atoms with E-state index in [-0.39, 0.29) is 5.92 Å². The Balaban J connectivity index is 1.45. The van der Waals surface area contributed by atoms with Gasteiger partial charge in [-0.3, -0.25) is 0 Å². The first-order valence-electron chi connectivity index (χ1n) is 12.4. The van der Waals surface area contributed by atoms with Gasteiger partial charge >= 0.3 is 0 Å². The highest BCUT2D eigenvalue weighted by Crippen LogP contribution is 2.28. The Hall–Kier alpha value is -2.78. The molecule has 0 amide bonds. The molecule has 0 aliphatic rings. The van der Waals surface area contributed by atoms with Crippen molar-refractivity contribution < 1.29 is 4.74 Å². The lowest BCUT2D eigenvalue weighted by atomic mass is 9.96. The zero-order valence-corrected chi connectivity index (χ0v) is 21.5. The summed E-state index contributed by atoms with van der Waals surface area (Å²) in [6.45, 7) is 10.4. The largest absolute Gasteiger partial charge is 0.494 e. The van der Waals surface area contributed by atoms with Gasteiger partial charge in [0.15, 0.2) is 0 Å². The van der Waals surface area contributed by atoms with E-state index in [1.165, 1.54) is 16.6 Å². The van der Waals surface area contributed by atoms with E-state index in [2.05, 4.69) is 73.9 Å². The van der Waals surface area contributed by atoms with Crippen LogP contribution in [-0.2, 0) is 13.0 Å². The zero-order valence-electron chi connectivity index (χ0n) is 20.7. The van der Waals surface area contributed by atoms with Crippen LogP contribution in [0.4, 0.5) is 0 Å². The molecular formula is C30H35ClN2O. The number of imidazole rings is 1. The summed E-state index contributed by atoms with van der Waals surface area (Å²) in [6, 6.07) is 23.4. The van der Waals surface area contributed by atoms with Gasteiger partial charge in [0.25, 0.3) is 0 Å². The summed E-state index contributed by atoms with van der Waals surface area (Å²) >= 11 is 6.12. The van der Waals surface area contributed by atoms with Crippen LogP contribution in [0.5, 0.6) is 5.75 Å². The second-order valence-corrected chi connectivity index (χ2v) is 10.0. The van der Waals surface area contributed by atoms with Crippen LogP contribution in [-0.4, -0.2) is 16.2 Å².